The van der Waals surface area contributed by atoms with Gasteiger partial charge in [-0.15, -0.1) is 0 Å². The van der Waals surface area contributed by atoms with E-state index in [1.807, 2.05) is 0 Å². The summed E-state index contributed by atoms with van der Waals surface area (Å²) in [5.41, 5.74) is 0.516. The molecular weight excluding hydrogens is 345 g/mol. The predicted molar refractivity (Wildman–Crippen MR) is 80.9 cm³/mol. The lowest BCUT2D eigenvalue weighted by molar-refractivity contribution is -0.116. The van der Waals surface area contributed by atoms with Crippen molar-refractivity contribution < 1.29 is 9.18 Å². The molecule has 1 aromatic heterocycles. The van der Waals surface area contributed by atoms with Crippen LogP contribution in [-0.2, 0) is 4.79 Å². The molecule has 0 radical (unpaired) electrons. The third-order valence-electron chi connectivity index (χ3n) is 3.16. The van der Waals surface area contributed by atoms with Crippen molar-refractivity contribution in [2.45, 2.75) is 12.3 Å². The van der Waals surface area contributed by atoms with E-state index in [-0.39, 0.29) is 24.1 Å². The number of nitrogens with one attached hydrogen (secondary N) is 2. The summed E-state index contributed by atoms with van der Waals surface area (Å²) in [5, 5.41) is 6.39. The lowest BCUT2D eigenvalue weighted by Gasteiger charge is -2.22. The molecule has 2 N–H and O–H groups in total. The van der Waals surface area contributed by atoms with Gasteiger partial charge in [-0.25, -0.2) is 9.37 Å². The molecule has 0 saturated carbocycles. The van der Waals surface area contributed by atoms with Crippen LogP contribution < -0.4 is 10.6 Å². The summed E-state index contributed by atoms with van der Waals surface area (Å²) in [4.78, 5) is 17.0. The molecule has 1 atom stereocenters. The van der Waals surface area contributed by atoms with Gasteiger partial charge in [0.1, 0.15) is 11.6 Å². The highest BCUT2D eigenvalue weighted by molar-refractivity contribution is 9.10. The Hall–Kier alpha value is -1.47. The van der Waals surface area contributed by atoms with Gasteiger partial charge >= 0.3 is 0 Å². The van der Waals surface area contributed by atoms with E-state index in [2.05, 4.69) is 31.5 Å². The van der Waals surface area contributed by atoms with Crippen molar-refractivity contribution in [2.75, 3.05) is 17.7 Å². The highest BCUT2D eigenvalue weighted by Gasteiger charge is 2.31. The number of fused-ring (bicyclic) bond motifs is 1. The Balaban J connectivity index is 2.12. The second-order valence-corrected chi connectivity index (χ2v) is 6.40. The Morgan fingerprint density at radius 2 is 2.35 bits per heavy atom. The van der Waals surface area contributed by atoms with Crippen LogP contribution in [-0.4, -0.2) is 17.9 Å². The summed E-state index contributed by atoms with van der Waals surface area (Å²) in [5.74, 6) is -0.219. The number of amides is 1. The number of nitrogens with zero attached hydrogens (tertiary/aromatic N) is 1. The van der Waals surface area contributed by atoms with Crippen LogP contribution in [0.25, 0.3) is 0 Å². The first-order chi connectivity index (χ1) is 9.58. The second-order valence-electron chi connectivity index (χ2n) is 4.45. The van der Waals surface area contributed by atoms with Gasteiger partial charge in [0.25, 0.3) is 0 Å². The van der Waals surface area contributed by atoms with Crippen LogP contribution in [0.2, 0.25) is 0 Å². The Kier molecular flexibility index (Phi) is 3.47. The molecule has 2 aromatic rings. The zero-order valence-electron chi connectivity index (χ0n) is 10.5. The molecular formula is C13H11BrFN3OS. The number of hydrogen-bond acceptors (Lipinski definition) is 4. The highest BCUT2D eigenvalue weighted by atomic mass is 79.9. The van der Waals surface area contributed by atoms with Gasteiger partial charge in [0.05, 0.1) is 4.88 Å². The van der Waals surface area contributed by atoms with Crippen LogP contribution in [0.15, 0.2) is 22.7 Å². The van der Waals surface area contributed by atoms with Crippen LogP contribution in [0.5, 0.6) is 0 Å². The van der Waals surface area contributed by atoms with Crippen LogP contribution in [0.1, 0.15) is 22.8 Å². The predicted octanol–water partition coefficient (Wildman–Crippen LogP) is 3.56. The normalized spacial score (nSPS) is 17.6. The lowest BCUT2D eigenvalue weighted by atomic mass is 9.91. The summed E-state index contributed by atoms with van der Waals surface area (Å²) in [7, 11) is 1.76. The zero-order valence-corrected chi connectivity index (χ0v) is 12.9. The number of halogens is 2. The number of anilines is 2. The van der Waals surface area contributed by atoms with Crippen molar-refractivity contribution in [3.8, 4) is 0 Å². The van der Waals surface area contributed by atoms with Crippen LogP contribution in [0.3, 0.4) is 0 Å². The molecule has 104 valence electrons. The number of benzene rings is 1. The van der Waals surface area contributed by atoms with Crippen molar-refractivity contribution in [1.82, 2.24) is 4.98 Å². The number of carbonyl (C=O) groups excluding carboxylic acids is 1. The summed E-state index contributed by atoms with van der Waals surface area (Å²) in [6, 6.07) is 4.78. The standard InChI is InChI=1S/C13H11BrFN3OS/c1-16-13-18-12-11(20-13)8(5-10(19)17-12)7-4-6(14)2-3-9(7)15/h2-4,8H,5H2,1H3,(H,16,18)(H,17,19). The maximum Gasteiger partial charge on any atom is 0.226 e. The fourth-order valence-electron chi connectivity index (χ4n) is 2.26. The van der Waals surface area contributed by atoms with E-state index in [0.717, 1.165) is 9.35 Å². The molecule has 4 nitrogen and oxygen atoms in total. The second kappa shape index (κ2) is 5.14. The van der Waals surface area contributed by atoms with Gasteiger partial charge in [-0.1, -0.05) is 27.3 Å². The van der Waals surface area contributed by atoms with Gasteiger partial charge in [-0.3, -0.25) is 4.79 Å². The van der Waals surface area contributed by atoms with E-state index in [1.165, 1.54) is 17.4 Å². The summed E-state index contributed by atoms with van der Waals surface area (Å²) >= 11 is 4.78. The monoisotopic (exact) mass is 355 g/mol. The van der Waals surface area contributed by atoms with E-state index in [4.69, 9.17) is 0 Å². The van der Waals surface area contributed by atoms with Crippen LogP contribution in [0.4, 0.5) is 15.3 Å². The first-order valence-electron chi connectivity index (χ1n) is 6.01. The van der Waals surface area contributed by atoms with Gasteiger partial charge < -0.3 is 10.6 Å². The molecule has 1 aliphatic heterocycles. The van der Waals surface area contributed by atoms with E-state index in [9.17, 15) is 9.18 Å². The molecule has 0 saturated heterocycles. The topological polar surface area (TPSA) is 54.0 Å². The fourth-order valence-corrected chi connectivity index (χ4v) is 3.63. The SMILES string of the molecule is CNc1nc2c(s1)C(c1cc(Br)ccc1F)CC(=O)N2. The van der Waals surface area contributed by atoms with E-state index < -0.39 is 0 Å². The average Bonchev–Trinajstić information content (AvgIpc) is 2.83. The zero-order chi connectivity index (χ0) is 14.3. The summed E-state index contributed by atoms with van der Waals surface area (Å²) < 4.78 is 14.9. The lowest BCUT2D eigenvalue weighted by Crippen LogP contribution is -2.23. The molecule has 1 unspecified atom stereocenters. The first kappa shape index (κ1) is 13.5. The van der Waals surface area contributed by atoms with Gasteiger partial charge in [-0.2, -0.15) is 0 Å². The minimum Gasteiger partial charge on any atom is -0.365 e. The number of thiazole rings is 1. The van der Waals surface area contributed by atoms with Gasteiger partial charge in [0.15, 0.2) is 5.13 Å². The van der Waals surface area contributed by atoms with E-state index >= 15 is 0 Å². The molecule has 0 spiro atoms. The molecule has 1 aromatic carbocycles. The van der Waals surface area contributed by atoms with Crippen molar-refractivity contribution in [1.29, 1.82) is 0 Å². The molecule has 7 heteroatoms. The third-order valence-corrected chi connectivity index (χ3v) is 4.84. The fraction of sp³-hybridized carbons (Fsp3) is 0.231. The number of carbonyl (C=O) groups is 1. The van der Waals surface area contributed by atoms with Gasteiger partial charge in [0.2, 0.25) is 5.91 Å². The van der Waals surface area contributed by atoms with Crippen LogP contribution >= 0.6 is 27.3 Å². The molecule has 3 rings (SSSR count). The molecule has 20 heavy (non-hydrogen) atoms. The quantitative estimate of drug-likeness (QED) is 0.865. The molecule has 1 amide bonds. The first-order valence-corrected chi connectivity index (χ1v) is 7.62. The highest BCUT2D eigenvalue weighted by Crippen LogP contribution is 2.43. The molecule has 2 heterocycles. The van der Waals surface area contributed by atoms with Gasteiger partial charge in [-0.05, 0) is 23.8 Å². The molecule has 0 bridgehead atoms. The summed E-state index contributed by atoms with van der Waals surface area (Å²) in [6.45, 7) is 0. The van der Waals surface area contributed by atoms with E-state index in [0.29, 0.717) is 16.5 Å². The summed E-state index contributed by atoms with van der Waals surface area (Å²) in [6.07, 6.45) is 0.228. The van der Waals surface area contributed by atoms with Crippen LogP contribution in [0, 0.1) is 5.82 Å². The number of rotatable bonds is 2. The Morgan fingerprint density at radius 1 is 1.55 bits per heavy atom. The van der Waals surface area contributed by atoms with Gasteiger partial charge in [0, 0.05) is 23.9 Å². The molecule has 1 aliphatic rings. The average molecular weight is 356 g/mol. The minimum absolute atomic E-state index is 0.144. The van der Waals surface area contributed by atoms with Crippen molar-refractivity contribution in [3.63, 3.8) is 0 Å². The smallest absolute Gasteiger partial charge is 0.226 e. The number of hydrogen-bond donors (Lipinski definition) is 2. The van der Waals surface area contributed by atoms with Crippen molar-refractivity contribution >= 4 is 44.1 Å². The minimum atomic E-state index is -0.307. The maximum absolute atomic E-state index is 14.1. The largest absolute Gasteiger partial charge is 0.365 e. The number of aromatic nitrogens is 1. The van der Waals surface area contributed by atoms with Crippen molar-refractivity contribution in [3.05, 3.63) is 38.9 Å². The van der Waals surface area contributed by atoms with Crippen molar-refractivity contribution in [2.24, 2.45) is 0 Å². The Bertz CT molecular complexity index is 688. The Morgan fingerprint density at radius 3 is 3.10 bits per heavy atom. The molecule has 0 fully saturated rings. The Labute approximate surface area is 127 Å². The third kappa shape index (κ3) is 2.31. The molecule has 0 aliphatic carbocycles. The van der Waals surface area contributed by atoms with E-state index in [1.54, 1.807) is 19.2 Å². The maximum atomic E-state index is 14.1.